The SMILES string of the molecule is CCCCOC1=C(Cl)C(=O)c2ccccc2C1=O. The fraction of sp³-hybridized carbons (Fsp3) is 0.286. The van der Waals surface area contributed by atoms with Crippen LogP contribution in [-0.4, -0.2) is 18.2 Å². The van der Waals surface area contributed by atoms with Crippen LogP contribution >= 0.6 is 11.6 Å². The van der Waals surface area contributed by atoms with Gasteiger partial charge >= 0.3 is 0 Å². The van der Waals surface area contributed by atoms with Crippen LogP contribution in [0.3, 0.4) is 0 Å². The molecule has 0 saturated carbocycles. The molecule has 0 spiro atoms. The van der Waals surface area contributed by atoms with Crippen molar-refractivity contribution in [2.24, 2.45) is 0 Å². The quantitative estimate of drug-likeness (QED) is 0.784. The molecule has 0 atom stereocenters. The van der Waals surface area contributed by atoms with Crippen LogP contribution in [-0.2, 0) is 4.74 Å². The summed E-state index contributed by atoms with van der Waals surface area (Å²) in [6.07, 6.45) is 1.76. The van der Waals surface area contributed by atoms with Gasteiger partial charge in [0.1, 0.15) is 5.03 Å². The van der Waals surface area contributed by atoms with E-state index >= 15 is 0 Å². The van der Waals surface area contributed by atoms with Crippen LogP contribution in [0.2, 0.25) is 0 Å². The van der Waals surface area contributed by atoms with E-state index in [0.717, 1.165) is 12.8 Å². The molecule has 0 saturated heterocycles. The van der Waals surface area contributed by atoms with Crippen molar-refractivity contribution < 1.29 is 14.3 Å². The Morgan fingerprint density at radius 2 is 1.72 bits per heavy atom. The summed E-state index contributed by atoms with van der Waals surface area (Å²) in [6.45, 7) is 2.41. The summed E-state index contributed by atoms with van der Waals surface area (Å²) < 4.78 is 5.35. The van der Waals surface area contributed by atoms with Crippen LogP contribution in [0.5, 0.6) is 0 Å². The van der Waals surface area contributed by atoms with E-state index in [9.17, 15) is 9.59 Å². The minimum Gasteiger partial charge on any atom is -0.488 e. The maximum atomic E-state index is 12.1. The first kappa shape index (κ1) is 12.8. The summed E-state index contributed by atoms with van der Waals surface area (Å²) in [5.74, 6) is -0.682. The number of carbonyl (C=O) groups excluding carboxylic acids is 2. The first-order chi connectivity index (χ1) is 8.66. The molecule has 1 aliphatic carbocycles. The molecule has 1 aromatic carbocycles. The monoisotopic (exact) mass is 264 g/mol. The van der Waals surface area contributed by atoms with E-state index < -0.39 is 0 Å². The van der Waals surface area contributed by atoms with E-state index in [1.165, 1.54) is 0 Å². The number of unbranched alkanes of at least 4 members (excludes halogenated alkanes) is 1. The zero-order valence-corrected chi connectivity index (χ0v) is 10.8. The smallest absolute Gasteiger partial charge is 0.230 e. The van der Waals surface area contributed by atoms with Crippen LogP contribution in [0.15, 0.2) is 35.1 Å². The Morgan fingerprint density at radius 1 is 1.11 bits per heavy atom. The number of carbonyl (C=O) groups is 2. The molecular formula is C14H13ClO3. The Labute approximate surface area is 110 Å². The highest BCUT2D eigenvalue weighted by Gasteiger charge is 2.32. The van der Waals surface area contributed by atoms with Gasteiger partial charge in [-0.2, -0.15) is 0 Å². The fourth-order valence-corrected chi connectivity index (χ4v) is 2.01. The van der Waals surface area contributed by atoms with Crippen molar-refractivity contribution in [1.82, 2.24) is 0 Å². The predicted octanol–water partition coefficient (Wildman–Crippen LogP) is 3.33. The molecule has 2 rings (SSSR count). The number of halogens is 1. The van der Waals surface area contributed by atoms with Crippen molar-refractivity contribution in [2.75, 3.05) is 6.61 Å². The van der Waals surface area contributed by atoms with Crippen LogP contribution < -0.4 is 0 Å². The number of fused-ring (bicyclic) bond motifs is 1. The highest BCUT2D eigenvalue weighted by molar-refractivity contribution is 6.49. The fourth-order valence-electron chi connectivity index (χ4n) is 1.77. The van der Waals surface area contributed by atoms with Crippen molar-refractivity contribution in [2.45, 2.75) is 19.8 Å². The Morgan fingerprint density at radius 3 is 2.33 bits per heavy atom. The van der Waals surface area contributed by atoms with Gasteiger partial charge in [0, 0.05) is 11.1 Å². The number of hydrogen-bond donors (Lipinski definition) is 0. The molecule has 3 nitrogen and oxygen atoms in total. The maximum absolute atomic E-state index is 12.1. The number of benzene rings is 1. The second kappa shape index (κ2) is 5.36. The number of ether oxygens (including phenoxy) is 1. The molecular weight excluding hydrogens is 252 g/mol. The van der Waals surface area contributed by atoms with Crippen molar-refractivity contribution in [3.05, 3.63) is 46.2 Å². The van der Waals surface area contributed by atoms with Crippen molar-refractivity contribution in [3.63, 3.8) is 0 Å². The van der Waals surface area contributed by atoms with Crippen molar-refractivity contribution in [1.29, 1.82) is 0 Å². The summed E-state index contributed by atoms with van der Waals surface area (Å²) in [5, 5.41) is -0.116. The molecule has 0 aromatic heterocycles. The Hall–Kier alpha value is -1.61. The number of allylic oxidation sites excluding steroid dienone is 2. The molecule has 0 N–H and O–H groups in total. The molecule has 94 valence electrons. The number of rotatable bonds is 4. The molecule has 0 unspecified atom stereocenters. The van der Waals surface area contributed by atoms with E-state index in [1.54, 1.807) is 24.3 Å². The van der Waals surface area contributed by atoms with Gasteiger partial charge in [0.25, 0.3) is 0 Å². The molecule has 0 fully saturated rings. The number of ketones is 2. The van der Waals surface area contributed by atoms with E-state index in [4.69, 9.17) is 16.3 Å². The Bertz CT molecular complexity index is 532. The lowest BCUT2D eigenvalue weighted by atomic mass is 9.93. The Balaban J connectivity index is 2.34. The highest BCUT2D eigenvalue weighted by atomic mass is 35.5. The normalized spacial score (nSPS) is 14.8. The van der Waals surface area contributed by atoms with Crippen molar-refractivity contribution in [3.8, 4) is 0 Å². The minimum absolute atomic E-state index is 0.0196. The van der Waals surface area contributed by atoms with Gasteiger partial charge < -0.3 is 4.74 Å². The van der Waals surface area contributed by atoms with E-state index in [0.29, 0.717) is 17.7 Å². The van der Waals surface area contributed by atoms with Crippen molar-refractivity contribution >= 4 is 23.2 Å². The summed E-state index contributed by atoms with van der Waals surface area (Å²) in [4.78, 5) is 24.1. The molecule has 18 heavy (non-hydrogen) atoms. The molecule has 0 aliphatic heterocycles. The molecule has 1 aliphatic rings. The van der Waals surface area contributed by atoms with Gasteiger partial charge in [-0.1, -0.05) is 49.2 Å². The van der Waals surface area contributed by atoms with Crippen LogP contribution in [0.1, 0.15) is 40.5 Å². The molecule has 0 heterocycles. The van der Waals surface area contributed by atoms with Gasteiger partial charge in [-0.05, 0) is 6.42 Å². The molecule has 1 aromatic rings. The standard InChI is InChI=1S/C14H13ClO3/c1-2-3-8-18-14-11(15)12(16)9-6-4-5-7-10(9)13(14)17/h4-7H,2-3,8H2,1H3. The molecule has 0 amide bonds. The van der Waals surface area contributed by atoms with Gasteiger partial charge in [-0.15, -0.1) is 0 Å². The predicted molar refractivity (Wildman–Crippen MR) is 68.8 cm³/mol. The van der Waals surface area contributed by atoms with Gasteiger partial charge in [0.15, 0.2) is 5.76 Å². The lowest BCUT2D eigenvalue weighted by molar-refractivity contribution is 0.0876. The zero-order chi connectivity index (χ0) is 13.1. The Kier molecular flexibility index (Phi) is 3.82. The second-order valence-corrected chi connectivity index (χ2v) is 4.43. The van der Waals surface area contributed by atoms with Gasteiger partial charge in [-0.3, -0.25) is 9.59 Å². The molecule has 4 heteroatoms. The molecule has 0 bridgehead atoms. The maximum Gasteiger partial charge on any atom is 0.230 e. The largest absolute Gasteiger partial charge is 0.488 e. The summed E-state index contributed by atoms with van der Waals surface area (Å²) in [7, 11) is 0. The third kappa shape index (κ3) is 2.18. The zero-order valence-electron chi connectivity index (χ0n) is 10.0. The van der Waals surface area contributed by atoms with Gasteiger partial charge in [-0.25, -0.2) is 0 Å². The van der Waals surface area contributed by atoms with Gasteiger partial charge in [0.05, 0.1) is 6.61 Å². The number of hydrogen-bond acceptors (Lipinski definition) is 3. The van der Waals surface area contributed by atoms with Crippen LogP contribution in [0.4, 0.5) is 0 Å². The van der Waals surface area contributed by atoms with E-state index in [-0.39, 0.29) is 22.4 Å². The lowest BCUT2D eigenvalue weighted by Gasteiger charge is -2.17. The molecule has 0 radical (unpaired) electrons. The van der Waals surface area contributed by atoms with E-state index in [2.05, 4.69) is 0 Å². The highest BCUT2D eigenvalue weighted by Crippen LogP contribution is 2.29. The first-order valence-corrected chi connectivity index (χ1v) is 6.25. The van der Waals surface area contributed by atoms with E-state index in [1.807, 2.05) is 6.92 Å². The van der Waals surface area contributed by atoms with Crippen LogP contribution in [0.25, 0.3) is 0 Å². The average molecular weight is 265 g/mol. The van der Waals surface area contributed by atoms with Crippen LogP contribution in [0, 0.1) is 0 Å². The summed E-state index contributed by atoms with van der Waals surface area (Å²) >= 11 is 5.92. The summed E-state index contributed by atoms with van der Waals surface area (Å²) in [6, 6.07) is 6.63. The number of Topliss-reactive ketones (excluding diaryl/α,β-unsaturated/α-hetero) is 2. The average Bonchev–Trinajstić information content (AvgIpc) is 2.40. The van der Waals surface area contributed by atoms with Gasteiger partial charge in [0.2, 0.25) is 11.6 Å². The third-order valence-electron chi connectivity index (χ3n) is 2.77. The minimum atomic E-state index is -0.349. The summed E-state index contributed by atoms with van der Waals surface area (Å²) in [5.41, 5.74) is 0.703. The second-order valence-electron chi connectivity index (χ2n) is 4.05. The topological polar surface area (TPSA) is 43.4 Å². The first-order valence-electron chi connectivity index (χ1n) is 5.87. The lowest BCUT2D eigenvalue weighted by Crippen LogP contribution is -2.21. The third-order valence-corrected chi connectivity index (χ3v) is 3.11.